The van der Waals surface area contributed by atoms with E-state index in [9.17, 15) is 8.78 Å². The van der Waals surface area contributed by atoms with Crippen molar-refractivity contribution in [2.24, 2.45) is 0 Å². The molecule has 0 bridgehead atoms. The molecule has 0 amide bonds. The summed E-state index contributed by atoms with van der Waals surface area (Å²) in [5.74, 6) is -0.482. The van der Waals surface area contributed by atoms with Gasteiger partial charge in [0.25, 0.3) is 0 Å². The first-order chi connectivity index (χ1) is 17.0. The molecule has 1 fully saturated rings. The maximum Gasteiger partial charge on any atom is 0.144 e. The molecule has 0 radical (unpaired) electrons. The van der Waals surface area contributed by atoms with Crippen LogP contribution in [0.15, 0.2) is 48.5 Å². The fourth-order valence-electron chi connectivity index (χ4n) is 4.61. The molecule has 0 atom stereocenters. The molecule has 6 rings (SSSR count). The summed E-state index contributed by atoms with van der Waals surface area (Å²) in [7, 11) is 3.76. The van der Waals surface area contributed by atoms with Crippen LogP contribution in [0.25, 0.3) is 44.8 Å². The van der Waals surface area contributed by atoms with E-state index in [1.807, 2.05) is 24.3 Å². The van der Waals surface area contributed by atoms with Crippen molar-refractivity contribution in [1.29, 1.82) is 0 Å². The highest BCUT2D eigenvalue weighted by Gasteiger charge is 2.18. The van der Waals surface area contributed by atoms with E-state index >= 15 is 0 Å². The minimum absolute atomic E-state index is 0.149. The molecule has 0 saturated carbocycles. The fourth-order valence-corrected chi connectivity index (χ4v) is 4.61. The maximum atomic E-state index is 14.6. The Bertz CT molecular complexity index is 1520. The first kappa shape index (κ1) is 21.5. The summed E-state index contributed by atoms with van der Waals surface area (Å²) in [5, 5.41) is 2.75. The normalized spacial score (nSPS) is 14.8. The molecule has 5 aromatic rings. The summed E-state index contributed by atoms with van der Waals surface area (Å²) < 4.78 is 29.2. The van der Waals surface area contributed by atoms with E-state index in [-0.39, 0.29) is 11.4 Å². The maximum absolute atomic E-state index is 14.6. The first-order valence-corrected chi connectivity index (χ1v) is 11.6. The third-order valence-corrected chi connectivity index (χ3v) is 6.66. The summed E-state index contributed by atoms with van der Waals surface area (Å²) in [6.07, 6.45) is 0. The number of aromatic nitrogens is 4. The number of piperazine rings is 1. The van der Waals surface area contributed by atoms with Crippen LogP contribution in [0.5, 0.6) is 0 Å². The van der Waals surface area contributed by atoms with Crippen LogP contribution >= 0.6 is 0 Å². The molecule has 0 spiro atoms. The van der Waals surface area contributed by atoms with Crippen molar-refractivity contribution in [3.05, 3.63) is 60.2 Å². The molecule has 1 saturated heterocycles. The number of H-pyrrole nitrogens is 2. The number of hydrogen-bond donors (Lipinski definition) is 3. The number of nitrogens with one attached hydrogen (secondary N) is 3. The van der Waals surface area contributed by atoms with Crippen LogP contribution in [-0.4, -0.2) is 65.1 Å². The van der Waals surface area contributed by atoms with Crippen molar-refractivity contribution in [2.75, 3.05) is 50.5 Å². The van der Waals surface area contributed by atoms with Gasteiger partial charge in [0, 0.05) is 50.2 Å². The van der Waals surface area contributed by atoms with Gasteiger partial charge < -0.3 is 25.1 Å². The van der Waals surface area contributed by atoms with Crippen molar-refractivity contribution in [1.82, 2.24) is 24.8 Å². The van der Waals surface area contributed by atoms with Gasteiger partial charge in [0.2, 0.25) is 0 Å². The number of hydrogen-bond acceptors (Lipinski definition) is 5. The fraction of sp³-hybridized carbons (Fsp3) is 0.231. The van der Waals surface area contributed by atoms with Crippen LogP contribution in [-0.2, 0) is 0 Å². The highest BCUT2D eigenvalue weighted by molar-refractivity contribution is 5.87. The molecule has 3 aromatic carbocycles. The van der Waals surface area contributed by atoms with E-state index in [1.54, 1.807) is 7.05 Å². The predicted octanol–water partition coefficient (Wildman–Crippen LogP) is 4.84. The van der Waals surface area contributed by atoms with Crippen molar-refractivity contribution in [3.8, 4) is 22.8 Å². The molecule has 178 valence electrons. The number of rotatable bonds is 4. The predicted molar refractivity (Wildman–Crippen MR) is 136 cm³/mol. The molecule has 1 aliphatic rings. The Balaban J connectivity index is 1.33. The molecule has 35 heavy (non-hydrogen) atoms. The number of nitrogens with zero attached hydrogens (tertiary/aromatic N) is 4. The second-order valence-electron chi connectivity index (χ2n) is 8.96. The van der Waals surface area contributed by atoms with Crippen LogP contribution in [0, 0.1) is 11.6 Å². The molecule has 0 aliphatic carbocycles. The topological polar surface area (TPSA) is 75.9 Å². The smallest absolute Gasteiger partial charge is 0.144 e. The lowest BCUT2D eigenvalue weighted by Crippen LogP contribution is -2.44. The number of benzene rings is 3. The Hall–Kier alpha value is -3.98. The largest absolute Gasteiger partial charge is 0.388 e. The van der Waals surface area contributed by atoms with Gasteiger partial charge in [-0.15, -0.1) is 0 Å². The van der Waals surface area contributed by atoms with Gasteiger partial charge in [-0.25, -0.2) is 18.7 Å². The van der Waals surface area contributed by atoms with E-state index < -0.39 is 11.6 Å². The van der Waals surface area contributed by atoms with Gasteiger partial charge >= 0.3 is 0 Å². The van der Waals surface area contributed by atoms with Gasteiger partial charge in [0.15, 0.2) is 0 Å². The highest BCUT2D eigenvalue weighted by Crippen LogP contribution is 2.31. The van der Waals surface area contributed by atoms with E-state index in [4.69, 9.17) is 4.98 Å². The third kappa shape index (κ3) is 3.87. The van der Waals surface area contributed by atoms with E-state index in [0.29, 0.717) is 16.7 Å². The molecular formula is C26H25F2N7. The zero-order valence-electron chi connectivity index (χ0n) is 19.5. The molecule has 0 unspecified atom stereocenters. The Morgan fingerprint density at radius 1 is 0.800 bits per heavy atom. The van der Waals surface area contributed by atoms with Crippen molar-refractivity contribution >= 4 is 33.4 Å². The van der Waals surface area contributed by atoms with Gasteiger partial charge in [0.1, 0.15) is 23.3 Å². The lowest BCUT2D eigenvalue weighted by molar-refractivity contribution is 0.313. The van der Waals surface area contributed by atoms with E-state index in [2.05, 4.69) is 49.2 Å². The van der Waals surface area contributed by atoms with E-state index in [0.717, 1.165) is 48.6 Å². The van der Waals surface area contributed by atoms with E-state index in [1.165, 1.54) is 17.8 Å². The van der Waals surface area contributed by atoms with Crippen molar-refractivity contribution < 1.29 is 8.78 Å². The van der Waals surface area contributed by atoms with Gasteiger partial charge in [-0.2, -0.15) is 0 Å². The van der Waals surface area contributed by atoms with Crippen LogP contribution in [0.1, 0.15) is 0 Å². The summed E-state index contributed by atoms with van der Waals surface area (Å²) in [5.41, 5.74) is 5.37. The van der Waals surface area contributed by atoms with Crippen LogP contribution in [0.4, 0.5) is 20.2 Å². The lowest BCUT2D eigenvalue weighted by Gasteiger charge is -2.34. The Labute approximate surface area is 200 Å². The molecule has 7 nitrogen and oxygen atoms in total. The summed E-state index contributed by atoms with van der Waals surface area (Å²) in [6.45, 7) is 4.10. The zero-order chi connectivity index (χ0) is 24.1. The second-order valence-corrected chi connectivity index (χ2v) is 8.96. The van der Waals surface area contributed by atoms with Crippen molar-refractivity contribution in [2.45, 2.75) is 0 Å². The summed E-state index contributed by atoms with van der Waals surface area (Å²) in [6, 6.07) is 14.4. The number of aromatic amines is 2. The second kappa shape index (κ2) is 8.35. The van der Waals surface area contributed by atoms with Crippen LogP contribution in [0.2, 0.25) is 0 Å². The Morgan fingerprint density at radius 2 is 1.43 bits per heavy atom. The number of anilines is 2. The Morgan fingerprint density at radius 3 is 2.14 bits per heavy atom. The number of halogens is 2. The number of imidazole rings is 2. The molecule has 3 heterocycles. The van der Waals surface area contributed by atoms with Crippen LogP contribution in [0.3, 0.4) is 0 Å². The third-order valence-electron chi connectivity index (χ3n) is 6.66. The average molecular weight is 474 g/mol. The standard InChI is InChI=1S/C26H25F2N7/c1-29-16-12-18(27)24(19(28)13-16)26-31-20-5-3-15(11-22(20)33-26)25-30-21-6-4-17(14-23(21)32-25)35-9-7-34(2)8-10-35/h3-6,11-14,29H,7-10H2,1-2H3,(H,30,32)(H,31,33). The van der Waals surface area contributed by atoms with Gasteiger partial charge in [0.05, 0.1) is 27.6 Å². The quantitative estimate of drug-likeness (QED) is 0.348. The first-order valence-electron chi connectivity index (χ1n) is 11.6. The monoisotopic (exact) mass is 473 g/mol. The average Bonchev–Trinajstić information content (AvgIpc) is 3.47. The minimum Gasteiger partial charge on any atom is -0.388 e. The molecular weight excluding hydrogens is 448 g/mol. The molecule has 2 aromatic heterocycles. The number of fused-ring (bicyclic) bond motifs is 2. The SMILES string of the molecule is CNc1cc(F)c(-c2nc3ccc(-c4nc5ccc(N6CCN(C)CC6)cc5[nH]4)cc3[nH]2)c(F)c1. The van der Waals surface area contributed by atoms with Gasteiger partial charge in [-0.05, 0) is 55.6 Å². The highest BCUT2D eigenvalue weighted by atomic mass is 19.1. The minimum atomic E-state index is -0.679. The van der Waals surface area contributed by atoms with Crippen molar-refractivity contribution in [3.63, 3.8) is 0 Å². The summed E-state index contributed by atoms with van der Waals surface area (Å²) >= 11 is 0. The van der Waals surface area contributed by atoms with Gasteiger partial charge in [-0.3, -0.25) is 0 Å². The van der Waals surface area contributed by atoms with Crippen LogP contribution < -0.4 is 10.2 Å². The zero-order valence-corrected chi connectivity index (χ0v) is 19.5. The Kier molecular flexibility index (Phi) is 5.14. The lowest BCUT2D eigenvalue weighted by atomic mass is 10.1. The molecule has 3 N–H and O–H groups in total. The van der Waals surface area contributed by atoms with Gasteiger partial charge in [-0.1, -0.05) is 0 Å². The molecule has 1 aliphatic heterocycles. The summed E-state index contributed by atoms with van der Waals surface area (Å²) in [4.78, 5) is 20.4. The number of likely N-dealkylation sites (N-methyl/N-ethyl adjacent to an activating group) is 1. The molecule has 9 heteroatoms.